The van der Waals surface area contributed by atoms with E-state index in [1.807, 2.05) is 9.80 Å². The maximum absolute atomic E-state index is 13.5. The van der Waals surface area contributed by atoms with Gasteiger partial charge in [-0.15, -0.1) is 0 Å². The molecule has 0 saturated carbocycles. The van der Waals surface area contributed by atoms with Crippen LogP contribution in [0, 0.1) is 0 Å². The van der Waals surface area contributed by atoms with Crippen LogP contribution >= 0.6 is 11.6 Å². The summed E-state index contributed by atoms with van der Waals surface area (Å²) in [5.41, 5.74) is 4.91. The molecule has 7 nitrogen and oxygen atoms in total. The molecular formula is C21H18ClF3N6O. The van der Waals surface area contributed by atoms with Crippen molar-refractivity contribution >= 4 is 40.4 Å². The normalized spacial score (nSPS) is 15.0. The van der Waals surface area contributed by atoms with Crippen molar-refractivity contribution in [2.24, 2.45) is 0 Å². The largest absolute Gasteiger partial charge is 0.418 e. The minimum absolute atomic E-state index is 0.0472. The Morgan fingerprint density at radius 2 is 1.84 bits per heavy atom. The second-order valence-corrected chi connectivity index (χ2v) is 7.58. The summed E-state index contributed by atoms with van der Waals surface area (Å²) in [6.45, 7) is 2.65. The van der Waals surface area contributed by atoms with Gasteiger partial charge < -0.3 is 15.5 Å². The molecule has 0 aliphatic carbocycles. The van der Waals surface area contributed by atoms with E-state index >= 15 is 0 Å². The number of carbonyl (C=O) groups excluding carboxylic acids is 1. The second-order valence-electron chi connectivity index (χ2n) is 7.18. The Balaban J connectivity index is 1.74. The predicted molar refractivity (Wildman–Crippen MR) is 116 cm³/mol. The van der Waals surface area contributed by atoms with E-state index < -0.39 is 11.7 Å². The summed E-state index contributed by atoms with van der Waals surface area (Å²) in [5.74, 6) is 0.591. The number of fused-ring (bicyclic) bond motifs is 1. The predicted octanol–water partition coefficient (Wildman–Crippen LogP) is 3.78. The molecule has 3 heterocycles. The molecule has 11 heteroatoms. The number of nitrogen functional groups attached to an aromatic ring is 1. The molecule has 0 amide bonds. The first-order chi connectivity index (χ1) is 15.3. The van der Waals surface area contributed by atoms with E-state index in [1.54, 1.807) is 12.3 Å². The molecule has 0 spiro atoms. The summed E-state index contributed by atoms with van der Waals surface area (Å²) in [4.78, 5) is 27.1. The molecule has 0 atom stereocenters. The van der Waals surface area contributed by atoms with E-state index in [0.29, 0.717) is 42.9 Å². The lowest BCUT2D eigenvalue weighted by Crippen LogP contribution is -2.44. The van der Waals surface area contributed by atoms with Gasteiger partial charge in [-0.2, -0.15) is 13.2 Å². The van der Waals surface area contributed by atoms with Crippen molar-refractivity contribution in [3.8, 4) is 11.3 Å². The molecule has 1 aliphatic rings. The third-order valence-electron chi connectivity index (χ3n) is 5.17. The third kappa shape index (κ3) is 4.31. The van der Waals surface area contributed by atoms with Gasteiger partial charge >= 0.3 is 6.18 Å². The average molecular weight is 463 g/mol. The van der Waals surface area contributed by atoms with Gasteiger partial charge in [0, 0.05) is 43.3 Å². The molecule has 1 aliphatic heterocycles. The number of hydrogen-bond donors (Lipinski definition) is 1. The fourth-order valence-corrected chi connectivity index (χ4v) is 3.90. The molecule has 0 unspecified atom stereocenters. The number of hydrogen-bond acceptors (Lipinski definition) is 7. The number of allylic oxidation sites excluding steroid dienone is 1. The molecule has 0 bridgehead atoms. The van der Waals surface area contributed by atoms with Crippen LogP contribution in [-0.2, 0) is 11.0 Å². The van der Waals surface area contributed by atoms with Gasteiger partial charge in [0.25, 0.3) is 0 Å². The highest BCUT2D eigenvalue weighted by Crippen LogP contribution is 2.40. The summed E-state index contributed by atoms with van der Waals surface area (Å²) in [5, 5.41) is 0.709. The fraction of sp³-hybridized carbons (Fsp3) is 0.238. The van der Waals surface area contributed by atoms with Gasteiger partial charge in [-0.1, -0.05) is 11.6 Å². The van der Waals surface area contributed by atoms with Gasteiger partial charge in [-0.3, -0.25) is 4.79 Å². The van der Waals surface area contributed by atoms with Gasteiger partial charge in [-0.25, -0.2) is 15.0 Å². The Kier molecular flexibility index (Phi) is 5.88. The SMILES string of the molecule is Nc1ccc(C(F)(F)F)c(-c2cc3ncnc(N4CCN(C=CC=O)CC4)c3cc2Cl)n1. The standard InChI is InChI=1S/C21H18ClF3N6O/c22-16-10-14-17(11-13(16)19-15(21(23,24)25)2-3-18(26)29-19)27-12-28-20(14)31-7-5-30(6-8-31)4-1-9-32/h1-4,9-12H,5-8H2,(H2,26,29). The number of pyridine rings is 1. The Morgan fingerprint density at radius 1 is 1.09 bits per heavy atom. The Hall–Kier alpha value is -3.40. The maximum Gasteiger partial charge on any atom is 0.418 e. The van der Waals surface area contributed by atoms with Crippen molar-refractivity contribution in [1.29, 1.82) is 0 Å². The van der Waals surface area contributed by atoms with Crippen LogP contribution in [-0.4, -0.2) is 52.3 Å². The van der Waals surface area contributed by atoms with Crippen molar-refractivity contribution in [3.05, 3.63) is 53.5 Å². The molecule has 1 fully saturated rings. The van der Waals surface area contributed by atoms with Crippen LogP contribution in [0.2, 0.25) is 5.02 Å². The maximum atomic E-state index is 13.5. The summed E-state index contributed by atoms with van der Waals surface area (Å²) < 4.78 is 40.6. The number of carbonyl (C=O) groups is 1. The number of piperazine rings is 1. The van der Waals surface area contributed by atoms with Crippen LogP contribution in [0.25, 0.3) is 22.2 Å². The number of rotatable bonds is 4. The number of halogens is 4. The molecule has 166 valence electrons. The van der Waals surface area contributed by atoms with Gasteiger partial charge in [0.05, 0.1) is 21.8 Å². The Labute approximate surface area is 186 Å². The zero-order valence-electron chi connectivity index (χ0n) is 16.7. The molecule has 2 N–H and O–H groups in total. The summed E-state index contributed by atoms with van der Waals surface area (Å²) in [6, 6.07) is 5.03. The van der Waals surface area contributed by atoms with Crippen LogP contribution in [0.5, 0.6) is 0 Å². The number of nitrogens with two attached hydrogens (primary N) is 1. The van der Waals surface area contributed by atoms with Crippen LogP contribution in [0.4, 0.5) is 24.8 Å². The van der Waals surface area contributed by atoms with Gasteiger partial charge in [0.1, 0.15) is 24.2 Å². The second kappa shape index (κ2) is 8.62. The van der Waals surface area contributed by atoms with E-state index in [1.165, 1.54) is 18.5 Å². The highest BCUT2D eigenvalue weighted by molar-refractivity contribution is 6.34. The lowest BCUT2D eigenvalue weighted by atomic mass is 10.0. The monoisotopic (exact) mass is 462 g/mol. The topological polar surface area (TPSA) is 88.2 Å². The first kappa shape index (κ1) is 21.8. The van der Waals surface area contributed by atoms with Crippen molar-refractivity contribution in [2.75, 3.05) is 36.8 Å². The molecule has 2 aromatic heterocycles. The van der Waals surface area contributed by atoms with E-state index in [2.05, 4.69) is 15.0 Å². The lowest BCUT2D eigenvalue weighted by molar-refractivity contribution is -0.137. The number of aromatic nitrogens is 3. The molecule has 1 saturated heterocycles. The molecule has 1 aromatic carbocycles. The van der Waals surface area contributed by atoms with Crippen LogP contribution in [0.3, 0.4) is 0 Å². The van der Waals surface area contributed by atoms with Gasteiger partial charge in [-0.05, 0) is 30.3 Å². The highest BCUT2D eigenvalue weighted by atomic mass is 35.5. The van der Waals surface area contributed by atoms with Crippen molar-refractivity contribution in [1.82, 2.24) is 19.9 Å². The number of aldehydes is 1. The van der Waals surface area contributed by atoms with E-state index in [9.17, 15) is 18.0 Å². The van der Waals surface area contributed by atoms with Crippen molar-refractivity contribution in [2.45, 2.75) is 6.18 Å². The summed E-state index contributed by atoms with van der Waals surface area (Å²) >= 11 is 6.43. The molecule has 3 aromatic rings. The molecule has 0 radical (unpaired) electrons. The van der Waals surface area contributed by atoms with E-state index in [-0.39, 0.29) is 22.1 Å². The number of nitrogens with zero attached hydrogens (tertiary/aromatic N) is 5. The van der Waals surface area contributed by atoms with Gasteiger partial charge in [0.2, 0.25) is 0 Å². The summed E-state index contributed by atoms with van der Waals surface area (Å²) in [7, 11) is 0. The van der Waals surface area contributed by atoms with Gasteiger partial charge in [0.15, 0.2) is 0 Å². The van der Waals surface area contributed by atoms with E-state index in [4.69, 9.17) is 17.3 Å². The lowest BCUT2D eigenvalue weighted by Gasteiger charge is -2.35. The number of alkyl halides is 3. The zero-order valence-corrected chi connectivity index (χ0v) is 17.4. The highest BCUT2D eigenvalue weighted by Gasteiger charge is 2.35. The first-order valence-electron chi connectivity index (χ1n) is 9.67. The Bertz CT molecular complexity index is 1190. The summed E-state index contributed by atoms with van der Waals surface area (Å²) in [6.07, 6.45) is 0.650. The minimum atomic E-state index is -4.62. The minimum Gasteiger partial charge on any atom is -0.384 e. The third-order valence-corrected chi connectivity index (χ3v) is 5.48. The average Bonchev–Trinajstić information content (AvgIpc) is 2.76. The zero-order chi connectivity index (χ0) is 22.9. The smallest absolute Gasteiger partial charge is 0.384 e. The van der Waals surface area contributed by atoms with Crippen molar-refractivity contribution in [3.63, 3.8) is 0 Å². The quantitative estimate of drug-likeness (QED) is 0.466. The number of anilines is 2. The molecular weight excluding hydrogens is 445 g/mol. The Morgan fingerprint density at radius 3 is 2.53 bits per heavy atom. The van der Waals surface area contributed by atoms with E-state index in [0.717, 1.165) is 18.4 Å². The fourth-order valence-electron chi connectivity index (χ4n) is 3.64. The van der Waals surface area contributed by atoms with Crippen LogP contribution in [0.1, 0.15) is 5.56 Å². The van der Waals surface area contributed by atoms with Crippen molar-refractivity contribution < 1.29 is 18.0 Å². The molecule has 4 rings (SSSR count). The van der Waals surface area contributed by atoms with Crippen LogP contribution < -0.4 is 10.6 Å². The number of benzene rings is 1. The molecule has 32 heavy (non-hydrogen) atoms. The first-order valence-corrected chi connectivity index (χ1v) is 10.0. The van der Waals surface area contributed by atoms with Crippen LogP contribution in [0.15, 0.2) is 42.9 Å².